The van der Waals surface area contributed by atoms with Gasteiger partial charge in [0.1, 0.15) is 0 Å². The summed E-state index contributed by atoms with van der Waals surface area (Å²) in [6.07, 6.45) is 0. The van der Waals surface area contributed by atoms with Gasteiger partial charge in [0.25, 0.3) is 0 Å². The molecule has 0 unspecified atom stereocenters. The lowest BCUT2D eigenvalue weighted by Crippen LogP contribution is -1.86. The van der Waals surface area contributed by atoms with Gasteiger partial charge in [-0.3, -0.25) is 0 Å². The van der Waals surface area contributed by atoms with Gasteiger partial charge in [-0.15, -0.1) is 0 Å². The van der Waals surface area contributed by atoms with Crippen LogP contribution < -0.4 is 0 Å². The number of hydrogen-bond donors (Lipinski definition) is 0. The Morgan fingerprint density at radius 2 is 1.50 bits per heavy atom. The zero-order valence-corrected chi connectivity index (χ0v) is 9.35. The molecule has 2 aromatic carbocycles. The first kappa shape index (κ1) is 11.1. The summed E-state index contributed by atoms with van der Waals surface area (Å²) in [5.74, 6) is -1.70. The van der Waals surface area contributed by atoms with Crippen LogP contribution in [0.4, 0.5) is 8.78 Å². The summed E-state index contributed by atoms with van der Waals surface area (Å²) < 4.78 is 25.8. The fraction of sp³-hybridized carbons (Fsp3) is 0.0769. The molecule has 0 aliphatic heterocycles. The molecule has 0 N–H and O–H groups in total. The molecule has 0 nitrogen and oxygen atoms in total. The molecule has 0 spiro atoms. The van der Waals surface area contributed by atoms with Gasteiger partial charge in [-0.05, 0) is 41.8 Å². The fourth-order valence-corrected chi connectivity index (χ4v) is 1.63. The quantitative estimate of drug-likeness (QED) is 0.682. The maximum atomic E-state index is 13.0. The maximum Gasteiger partial charge on any atom is 0.159 e. The Kier molecular flexibility index (Phi) is 2.92. The molecule has 2 aromatic rings. The monoisotopic (exact) mass is 238 g/mol. The summed E-state index contributed by atoms with van der Waals surface area (Å²) in [7, 11) is 0. The molecule has 0 atom stereocenters. The second kappa shape index (κ2) is 4.22. The van der Waals surface area contributed by atoms with Crippen LogP contribution in [-0.4, -0.2) is 0 Å². The van der Waals surface area contributed by atoms with Gasteiger partial charge in [-0.1, -0.05) is 29.8 Å². The maximum absolute atomic E-state index is 13.0. The number of hydrogen-bond acceptors (Lipinski definition) is 0. The summed E-state index contributed by atoms with van der Waals surface area (Å²) in [4.78, 5) is 0. The first-order valence-corrected chi connectivity index (χ1v) is 5.17. The highest BCUT2D eigenvalue weighted by atomic mass is 35.5. The topological polar surface area (TPSA) is 0 Å². The number of halogens is 3. The van der Waals surface area contributed by atoms with Gasteiger partial charge in [0.15, 0.2) is 11.6 Å². The number of aryl methyl sites for hydroxylation is 1. The van der Waals surface area contributed by atoms with E-state index in [-0.39, 0.29) is 0 Å². The van der Waals surface area contributed by atoms with E-state index in [1.54, 1.807) is 6.07 Å². The molecular formula is C13H9ClF2. The Morgan fingerprint density at radius 3 is 2.12 bits per heavy atom. The molecule has 16 heavy (non-hydrogen) atoms. The van der Waals surface area contributed by atoms with E-state index in [9.17, 15) is 8.78 Å². The Balaban J connectivity index is 2.50. The molecule has 82 valence electrons. The highest BCUT2D eigenvalue weighted by Crippen LogP contribution is 2.26. The minimum absolute atomic E-state index is 0.612. The van der Waals surface area contributed by atoms with Crippen molar-refractivity contribution < 1.29 is 8.78 Å². The van der Waals surface area contributed by atoms with Gasteiger partial charge in [0, 0.05) is 5.02 Å². The minimum Gasteiger partial charge on any atom is -0.204 e. The summed E-state index contributed by atoms with van der Waals surface area (Å²) in [6, 6.07) is 9.21. The summed E-state index contributed by atoms with van der Waals surface area (Å²) in [5.41, 5.74) is 2.34. The van der Waals surface area contributed by atoms with Crippen LogP contribution in [0, 0.1) is 18.6 Å². The van der Waals surface area contributed by atoms with E-state index in [1.165, 1.54) is 6.07 Å². The third-order valence-electron chi connectivity index (χ3n) is 2.42. The minimum atomic E-state index is -0.853. The zero-order valence-electron chi connectivity index (χ0n) is 8.60. The van der Waals surface area contributed by atoms with Crippen LogP contribution in [0.3, 0.4) is 0 Å². The summed E-state index contributed by atoms with van der Waals surface area (Å²) in [6.45, 7) is 1.89. The van der Waals surface area contributed by atoms with Crippen LogP contribution in [-0.2, 0) is 0 Å². The molecule has 3 heteroatoms. The van der Waals surface area contributed by atoms with E-state index < -0.39 is 11.6 Å². The van der Waals surface area contributed by atoms with E-state index in [1.807, 2.05) is 19.1 Å². The van der Waals surface area contributed by atoms with Crippen molar-refractivity contribution >= 4 is 11.6 Å². The Hall–Kier alpha value is -1.41. The van der Waals surface area contributed by atoms with E-state index in [0.29, 0.717) is 10.6 Å². The van der Waals surface area contributed by atoms with Crippen molar-refractivity contribution in [2.75, 3.05) is 0 Å². The van der Waals surface area contributed by atoms with E-state index in [0.717, 1.165) is 23.3 Å². The van der Waals surface area contributed by atoms with Crippen molar-refractivity contribution in [1.82, 2.24) is 0 Å². The Morgan fingerprint density at radius 1 is 0.875 bits per heavy atom. The predicted molar refractivity (Wildman–Crippen MR) is 61.5 cm³/mol. The van der Waals surface area contributed by atoms with Gasteiger partial charge in [-0.25, -0.2) is 8.78 Å². The van der Waals surface area contributed by atoms with Crippen molar-refractivity contribution in [3.63, 3.8) is 0 Å². The molecule has 0 aromatic heterocycles. The number of rotatable bonds is 1. The van der Waals surface area contributed by atoms with Crippen LogP contribution in [0.2, 0.25) is 5.02 Å². The van der Waals surface area contributed by atoms with E-state index in [2.05, 4.69) is 0 Å². The molecule has 0 bridgehead atoms. The fourth-order valence-electron chi connectivity index (χ4n) is 1.45. The average Bonchev–Trinajstić information content (AvgIpc) is 2.26. The molecule has 0 heterocycles. The molecule has 0 radical (unpaired) electrons. The normalized spacial score (nSPS) is 10.5. The highest BCUT2D eigenvalue weighted by molar-refractivity contribution is 6.31. The SMILES string of the molecule is Cc1ccc(-c2ccc(F)c(F)c2)cc1Cl. The van der Waals surface area contributed by atoms with Crippen molar-refractivity contribution in [1.29, 1.82) is 0 Å². The first-order valence-electron chi connectivity index (χ1n) is 4.79. The molecular weight excluding hydrogens is 230 g/mol. The molecule has 0 aliphatic carbocycles. The molecule has 0 fully saturated rings. The standard InChI is InChI=1S/C13H9ClF2/c1-8-2-3-9(6-11(8)14)10-4-5-12(15)13(16)7-10/h2-7H,1H3. The van der Waals surface area contributed by atoms with Crippen LogP contribution >= 0.6 is 11.6 Å². The van der Waals surface area contributed by atoms with Crippen LogP contribution in [0.5, 0.6) is 0 Å². The largest absolute Gasteiger partial charge is 0.204 e. The molecule has 2 rings (SSSR count). The van der Waals surface area contributed by atoms with Gasteiger partial charge in [-0.2, -0.15) is 0 Å². The zero-order chi connectivity index (χ0) is 11.7. The number of benzene rings is 2. The van der Waals surface area contributed by atoms with Crippen LogP contribution in [0.15, 0.2) is 36.4 Å². The van der Waals surface area contributed by atoms with Crippen molar-refractivity contribution in [3.8, 4) is 11.1 Å². The second-order valence-electron chi connectivity index (χ2n) is 3.59. The highest BCUT2D eigenvalue weighted by Gasteiger charge is 2.05. The lowest BCUT2D eigenvalue weighted by molar-refractivity contribution is 0.509. The molecule has 0 aliphatic rings. The molecule has 0 amide bonds. The van der Waals surface area contributed by atoms with Crippen molar-refractivity contribution in [3.05, 3.63) is 58.6 Å². The smallest absolute Gasteiger partial charge is 0.159 e. The second-order valence-corrected chi connectivity index (χ2v) is 4.00. The van der Waals surface area contributed by atoms with Crippen molar-refractivity contribution in [2.24, 2.45) is 0 Å². The lowest BCUT2D eigenvalue weighted by atomic mass is 10.0. The van der Waals surface area contributed by atoms with Crippen LogP contribution in [0.25, 0.3) is 11.1 Å². The predicted octanol–water partition coefficient (Wildman–Crippen LogP) is 4.59. The summed E-state index contributed by atoms with van der Waals surface area (Å²) in [5, 5.41) is 0.613. The van der Waals surface area contributed by atoms with Crippen molar-refractivity contribution in [2.45, 2.75) is 6.92 Å². The molecule has 0 saturated carbocycles. The van der Waals surface area contributed by atoms with Gasteiger partial charge < -0.3 is 0 Å². The molecule has 0 saturated heterocycles. The Labute approximate surface area is 97.5 Å². The third kappa shape index (κ3) is 2.07. The van der Waals surface area contributed by atoms with Gasteiger partial charge in [0.05, 0.1) is 0 Å². The van der Waals surface area contributed by atoms with Gasteiger partial charge >= 0.3 is 0 Å². The Bertz CT molecular complexity index is 486. The third-order valence-corrected chi connectivity index (χ3v) is 2.83. The van der Waals surface area contributed by atoms with Gasteiger partial charge in [0.2, 0.25) is 0 Å². The first-order chi connectivity index (χ1) is 7.58. The van der Waals surface area contributed by atoms with E-state index >= 15 is 0 Å². The lowest BCUT2D eigenvalue weighted by Gasteiger charge is -2.04. The summed E-state index contributed by atoms with van der Waals surface area (Å²) >= 11 is 5.97. The van der Waals surface area contributed by atoms with Crippen LogP contribution in [0.1, 0.15) is 5.56 Å². The average molecular weight is 239 g/mol. The van der Waals surface area contributed by atoms with E-state index in [4.69, 9.17) is 11.6 Å².